The lowest BCUT2D eigenvalue weighted by molar-refractivity contribution is -0.178. The van der Waals surface area contributed by atoms with Crippen LogP contribution in [0.5, 0.6) is 0 Å². The molecule has 1 atom stereocenters. The van der Waals surface area contributed by atoms with E-state index in [4.69, 9.17) is 11.0 Å². The number of aromatic amines is 1. The van der Waals surface area contributed by atoms with Crippen molar-refractivity contribution in [3.63, 3.8) is 0 Å². The van der Waals surface area contributed by atoms with Crippen molar-refractivity contribution >= 4 is 21.9 Å². The van der Waals surface area contributed by atoms with Gasteiger partial charge in [-0.3, -0.25) is 0 Å². The molecule has 2 heterocycles. The van der Waals surface area contributed by atoms with Crippen molar-refractivity contribution in [3.8, 4) is 6.07 Å². The minimum Gasteiger partial charge on any atom is -0.351 e. The lowest BCUT2D eigenvalue weighted by Gasteiger charge is -2.33. The average molecular weight is 409 g/mol. The lowest BCUT2D eigenvalue weighted by atomic mass is 9.82. The summed E-state index contributed by atoms with van der Waals surface area (Å²) in [5.41, 5.74) is 5.83. The Kier molecular flexibility index (Phi) is 3.80. The maximum absolute atomic E-state index is 14.7. The number of imidazole rings is 1. The van der Waals surface area contributed by atoms with Gasteiger partial charge in [-0.05, 0) is 54.7 Å². The van der Waals surface area contributed by atoms with E-state index in [0.717, 1.165) is 12.8 Å². The highest BCUT2D eigenvalue weighted by molar-refractivity contribution is 5.87. The first-order valence-electron chi connectivity index (χ1n) is 9.58. The second-order valence-electron chi connectivity index (χ2n) is 7.90. The minimum absolute atomic E-state index is 0.0511. The Bertz CT molecular complexity index is 1340. The normalized spacial score (nSPS) is 16.7. The van der Waals surface area contributed by atoms with Crippen molar-refractivity contribution in [1.82, 2.24) is 14.5 Å². The van der Waals surface area contributed by atoms with Crippen LogP contribution in [-0.2, 0) is 12.6 Å². The van der Waals surface area contributed by atoms with Crippen molar-refractivity contribution in [1.29, 1.82) is 5.26 Å². The van der Waals surface area contributed by atoms with Gasteiger partial charge in [-0.25, -0.2) is 4.98 Å². The molecular weight excluding hydrogens is 391 g/mol. The fourth-order valence-electron chi connectivity index (χ4n) is 4.20. The molecule has 1 saturated carbocycles. The second kappa shape index (κ2) is 6.09. The quantitative estimate of drug-likeness (QED) is 0.520. The van der Waals surface area contributed by atoms with Gasteiger partial charge in [0.25, 0.3) is 0 Å². The van der Waals surface area contributed by atoms with E-state index in [2.05, 4.69) is 9.97 Å². The highest BCUT2D eigenvalue weighted by Gasteiger charge is 2.59. The van der Waals surface area contributed by atoms with Crippen LogP contribution in [0, 0.1) is 11.3 Å². The highest BCUT2D eigenvalue weighted by Crippen LogP contribution is 2.51. The van der Waals surface area contributed by atoms with E-state index in [-0.39, 0.29) is 17.3 Å². The summed E-state index contributed by atoms with van der Waals surface area (Å²) >= 11 is 0. The fourth-order valence-corrected chi connectivity index (χ4v) is 4.20. The van der Waals surface area contributed by atoms with Gasteiger partial charge >= 0.3 is 6.18 Å². The summed E-state index contributed by atoms with van der Waals surface area (Å²) < 4.78 is 45.9. The molecule has 0 aliphatic heterocycles. The van der Waals surface area contributed by atoms with E-state index in [1.165, 1.54) is 18.2 Å². The number of hydrogen-bond donors (Lipinski definition) is 2. The molecule has 3 N–H and O–H groups in total. The van der Waals surface area contributed by atoms with E-state index in [1.807, 2.05) is 12.1 Å². The first-order chi connectivity index (χ1) is 14.2. The number of nitrogens with one attached hydrogen (secondary N) is 1. The van der Waals surface area contributed by atoms with Crippen LogP contribution in [0.2, 0.25) is 0 Å². The Morgan fingerprint density at radius 1 is 1.20 bits per heavy atom. The molecular formula is C22H18F3N5. The van der Waals surface area contributed by atoms with Crippen LogP contribution in [0.15, 0.2) is 42.6 Å². The second-order valence-corrected chi connectivity index (χ2v) is 7.90. The summed E-state index contributed by atoms with van der Waals surface area (Å²) in [4.78, 5) is 6.98. The monoisotopic (exact) mass is 409 g/mol. The Labute approximate surface area is 169 Å². The molecule has 1 aliphatic rings. The van der Waals surface area contributed by atoms with Crippen LogP contribution in [0.1, 0.15) is 41.3 Å². The van der Waals surface area contributed by atoms with Gasteiger partial charge in [0.15, 0.2) is 5.54 Å². The first kappa shape index (κ1) is 18.7. The smallest absolute Gasteiger partial charge is 0.351 e. The molecule has 5 rings (SSSR count). The van der Waals surface area contributed by atoms with Gasteiger partial charge in [0.05, 0.1) is 22.7 Å². The summed E-state index contributed by atoms with van der Waals surface area (Å²) in [6.45, 7) is 0. The molecule has 4 aromatic rings. The van der Waals surface area contributed by atoms with Crippen LogP contribution in [-0.4, -0.2) is 20.7 Å². The van der Waals surface area contributed by atoms with E-state index < -0.39 is 11.7 Å². The van der Waals surface area contributed by atoms with E-state index in [0.29, 0.717) is 33.1 Å². The number of H-pyrrole nitrogens is 1. The lowest BCUT2D eigenvalue weighted by Crippen LogP contribution is -2.52. The number of nitrogens with zero attached hydrogens (tertiary/aromatic N) is 3. The summed E-state index contributed by atoms with van der Waals surface area (Å²) in [7, 11) is 1.79. The van der Waals surface area contributed by atoms with E-state index in [1.54, 1.807) is 29.9 Å². The average Bonchev–Trinajstić information content (AvgIpc) is 3.36. The molecule has 8 heteroatoms. The largest absolute Gasteiger partial charge is 0.417 e. The minimum atomic E-state index is -4.80. The molecule has 1 fully saturated rings. The van der Waals surface area contributed by atoms with Crippen molar-refractivity contribution < 1.29 is 13.2 Å². The van der Waals surface area contributed by atoms with Gasteiger partial charge in [-0.15, -0.1) is 0 Å². The molecule has 0 radical (unpaired) electrons. The number of hydrogen-bond acceptors (Lipinski definition) is 3. The molecule has 30 heavy (non-hydrogen) atoms. The molecule has 152 valence electrons. The standard InChI is InChI=1S/C22H18F3N5/c1-30-9-8-15-18(30)7-5-14(13-3-4-13)19(15)21(27,22(23,24)25)20-28-16-6-2-12(11-26)10-17(16)29-20/h2,5-10,13H,3-4,27H2,1H3,(H,28,29). The Balaban J connectivity index is 1.85. The van der Waals surface area contributed by atoms with E-state index >= 15 is 0 Å². The third-order valence-corrected chi connectivity index (χ3v) is 5.94. The maximum Gasteiger partial charge on any atom is 0.417 e. The van der Waals surface area contributed by atoms with Gasteiger partial charge in [-0.2, -0.15) is 18.4 Å². The molecule has 0 amide bonds. The number of benzene rings is 2. The predicted molar refractivity (Wildman–Crippen MR) is 107 cm³/mol. The fraction of sp³-hybridized carbons (Fsp3) is 0.273. The summed E-state index contributed by atoms with van der Waals surface area (Å²) in [6.07, 6.45) is -1.39. The summed E-state index contributed by atoms with van der Waals surface area (Å²) in [5.74, 6) is -0.317. The maximum atomic E-state index is 14.7. The van der Waals surface area contributed by atoms with Crippen LogP contribution < -0.4 is 5.73 Å². The number of rotatable bonds is 3. The molecule has 2 aromatic carbocycles. The van der Waals surface area contributed by atoms with Gasteiger partial charge in [0.2, 0.25) is 0 Å². The number of aryl methyl sites for hydroxylation is 1. The molecule has 1 unspecified atom stereocenters. The molecule has 0 saturated heterocycles. The summed E-state index contributed by atoms with van der Waals surface area (Å²) in [6, 6.07) is 11.8. The van der Waals surface area contributed by atoms with Gasteiger partial charge < -0.3 is 15.3 Å². The summed E-state index contributed by atoms with van der Waals surface area (Å²) in [5, 5.41) is 9.58. The van der Waals surface area contributed by atoms with E-state index in [9.17, 15) is 13.2 Å². The van der Waals surface area contributed by atoms with Crippen molar-refractivity contribution in [2.45, 2.75) is 30.5 Å². The number of nitrogens with two attached hydrogens (primary N) is 1. The zero-order valence-electron chi connectivity index (χ0n) is 16.1. The molecule has 5 nitrogen and oxygen atoms in total. The van der Waals surface area contributed by atoms with Crippen LogP contribution >= 0.6 is 0 Å². The molecule has 0 spiro atoms. The van der Waals surface area contributed by atoms with Crippen LogP contribution in [0.4, 0.5) is 13.2 Å². The molecule has 2 aromatic heterocycles. The molecule has 0 bridgehead atoms. The Morgan fingerprint density at radius 2 is 1.97 bits per heavy atom. The third kappa shape index (κ3) is 2.55. The van der Waals surface area contributed by atoms with Gasteiger partial charge in [0, 0.05) is 29.7 Å². The highest BCUT2D eigenvalue weighted by atomic mass is 19.4. The zero-order valence-corrected chi connectivity index (χ0v) is 16.1. The number of aromatic nitrogens is 3. The first-order valence-corrected chi connectivity index (χ1v) is 9.58. The predicted octanol–water partition coefficient (Wildman–Crippen LogP) is 4.57. The third-order valence-electron chi connectivity index (χ3n) is 5.94. The number of fused-ring (bicyclic) bond motifs is 2. The van der Waals surface area contributed by atoms with Gasteiger partial charge in [0.1, 0.15) is 5.82 Å². The SMILES string of the molecule is Cn1ccc2c(C(N)(c3nc4ccc(C#N)cc4[nH]3)C(F)(F)F)c(C3CC3)ccc21. The van der Waals surface area contributed by atoms with Gasteiger partial charge in [-0.1, -0.05) is 6.07 Å². The Hall–Kier alpha value is -3.31. The van der Waals surface area contributed by atoms with Crippen molar-refractivity contribution in [3.05, 3.63) is 65.1 Å². The molecule has 1 aliphatic carbocycles. The van der Waals surface area contributed by atoms with Crippen LogP contribution in [0.3, 0.4) is 0 Å². The topological polar surface area (TPSA) is 83.4 Å². The number of alkyl halides is 3. The zero-order chi connectivity index (χ0) is 21.3. The number of nitriles is 1. The van der Waals surface area contributed by atoms with Crippen molar-refractivity contribution in [2.75, 3.05) is 0 Å². The Morgan fingerprint density at radius 3 is 2.63 bits per heavy atom. The number of halogens is 3. The van der Waals surface area contributed by atoms with Crippen LogP contribution in [0.25, 0.3) is 21.9 Å². The van der Waals surface area contributed by atoms with Crippen molar-refractivity contribution in [2.24, 2.45) is 12.8 Å².